The SMILES string of the molecule is O=C(c1ccc2nccnc2c1)N1CCCC(c2cc(C(F)(F)F)n[nH]2)C1. The summed E-state index contributed by atoms with van der Waals surface area (Å²) in [7, 11) is 0. The number of piperidine rings is 1. The molecule has 0 spiro atoms. The van der Waals surface area contributed by atoms with Crippen LogP contribution in [0.25, 0.3) is 11.0 Å². The van der Waals surface area contributed by atoms with Gasteiger partial charge in [-0.3, -0.25) is 19.9 Å². The van der Waals surface area contributed by atoms with Crippen molar-refractivity contribution in [1.29, 1.82) is 0 Å². The molecule has 27 heavy (non-hydrogen) atoms. The van der Waals surface area contributed by atoms with Crippen LogP contribution in [0.3, 0.4) is 0 Å². The van der Waals surface area contributed by atoms with Crippen molar-refractivity contribution in [2.75, 3.05) is 13.1 Å². The summed E-state index contributed by atoms with van der Waals surface area (Å²) in [6.07, 6.45) is 0.0737. The molecule has 0 saturated carbocycles. The van der Waals surface area contributed by atoms with E-state index in [4.69, 9.17) is 0 Å². The Morgan fingerprint density at radius 3 is 2.67 bits per heavy atom. The first kappa shape index (κ1) is 17.4. The summed E-state index contributed by atoms with van der Waals surface area (Å²) in [5, 5.41) is 5.84. The first-order valence-corrected chi connectivity index (χ1v) is 8.54. The van der Waals surface area contributed by atoms with Crippen LogP contribution in [-0.4, -0.2) is 44.1 Å². The molecule has 1 atom stereocenters. The Morgan fingerprint density at radius 1 is 1.15 bits per heavy atom. The molecule has 2 aromatic heterocycles. The minimum Gasteiger partial charge on any atom is -0.338 e. The number of amides is 1. The molecule has 140 valence electrons. The highest BCUT2D eigenvalue weighted by molar-refractivity contribution is 5.97. The van der Waals surface area contributed by atoms with E-state index in [-0.39, 0.29) is 11.8 Å². The summed E-state index contributed by atoms with van der Waals surface area (Å²) in [5.41, 5.74) is 1.28. The number of H-pyrrole nitrogens is 1. The lowest BCUT2D eigenvalue weighted by molar-refractivity contribution is -0.141. The largest absolute Gasteiger partial charge is 0.435 e. The van der Waals surface area contributed by atoms with E-state index in [9.17, 15) is 18.0 Å². The van der Waals surface area contributed by atoms with Gasteiger partial charge in [-0.25, -0.2) is 0 Å². The number of nitrogens with one attached hydrogen (secondary N) is 1. The molecule has 1 aromatic carbocycles. The molecule has 6 nitrogen and oxygen atoms in total. The van der Waals surface area contributed by atoms with Crippen LogP contribution in [0.15, 0.2) is 36.7 Å². The lowest BCUT2D eigenvalue weighted by atomic mass is 9.94. The zero-order valence-electron chi connectivity index (χ0n) is 14.2. The van der Waals surface area contributed by atoms with Crippen molar-refractivity contribution in [2.45, 2.75) is 24.9 Å². The molecule has 9 heteroatoms. The number of nitrogens with zero attached hydrogens (tertiary/aromatic N) is 4. The van der Waals surface area contributed by atoms with Gasteiger partial charge in [0.05, 0.1) is 11.0 Å². The topological polar surface area (TPSA) is 74.8 Å². The average molecular weight is 375 g/mol. The van der Waals surface area contributed by atoms with Crippen molar-refractivity contribution in [3.8, 4) is 0 Å². The molecule has 0 bridgehead atoms. The van der Waals surface area contributed by atoms with Gasteiger partial charge in [-0.1, -0.05) is 0 Å². The summed E-state index contributed by atoms with van der Waals surface area (Å²) < 4.78 is 38.3. The van der Waals surface area contributed by atoms with E-state index in [0.717, 1.165) is 6.07 Å². The Morgan fingerprint density at radius 2 is 1.93 bits per heavy atom. The van der Waals surface area contributed by atoms with E-state index in [1.807, 2.05) is 0 Å². The van der Waals surface area contributed by atoms with E-state index in [1.165, 1.54) is 0 Å². The quantitative estimate of drug-likeness (QED) is 0.745. The van der Waals surface area contributed by atoms with Gasteiger partial charge in [-0.15, -0.1) is 0 Å². The Balaban J connectivity index is 1.53. The van der Waals surface area contributed by atoms with Gasteiger partial charge in [-0.2, -0.15) is 18.3 Å². The maximum atomic E-state index is 12.9. The van der Waals surface area contributed by atoms with Crippen LogP contribution < -0.4 is 0 Å². The molecule has 1 aliphatic rings. The number of likely N-dealkylation sites (tertiary alicyclic amines) is 1. The summed E-state index contributed by atoms with van der Waals surface area (Å²) in [6, 6.07) is 6.15. The number of halogens is 3. The van der Waals surface area contributed by atoms with Gasteiger partial charge in [0, 0.05) is 42.7 Å². The lowest BCUT2D eigenvalue weighted by Gasteiger charge is -2.32. The Kier molecular flexibility index (Phi) is 4.29. The molecule has 4 rings (SSSR count). The third-order valence-corrected chi connectivity index (χ3v) is 4.75. The molecule has 1 saturated heterocycles. The number of fused-ring (bicyclic) bond motifs is 1. The third-order valence-electron chi connectivity index (χ3n) is 4.75. The average Bonchev–Trinajstić information content (AvgIpc) is 3.18. The molecule has 3 aromatic rings. The number of aromatic amines is 1. The molecule has 1 aliphatic heterocycles. The van der Waals surface area contributed by atoms with Crippen molar-refractivity contribution in [2.24, 2.45) is 0 Å². The minimum absolute atomic E-state index is 0.164. The summed E-state index contributed by atoms with van der Waals surface area (Å²) in [6.45, 7) is 0.908. The molecular formula is C18H16F3N5O. The zero-order valence-corrected chi connectivity index (χ0v) is 14.2. The number of rotatable bonds is 2. The Labute approximate surface area is 152 Å². The van der Waals surface area contributed by atoms with Crippen molar-refractivity contribution in [3.05, 3.63) is 53.6 Å². The van der Waals surface area contributed by atoms with Crippen LogP contribution in [0.1, 0.15) is 40.5 Å². The molecule has 1 amide bonds. The molecule has 1 fully saturated rings. The van der Waals surface area contributed by atoms with Crippen LogP contribution in [0, 0.1) is 0 Å². The van der Waals surface area contributed by atoms with Gasteiger partial charge in [0.2, 0.25) is 0 Å². The monoisotopic (exact) mass is 375 g/mol. The fraction of sp³-hybridized carbons (Fsp3) is 0.333. The number of carbonyl (C=O) groups excluding carboxylic acids is 1. The van der Waals surface area contributed by atoms with Gasteiger partial charge in [0.1, 0.15) is 0 Å². The van der Waals surface area contributed by atoms with Crippen LogP contribution in [0.2, 0.25) is 0 Å². The fourth-order valence-electron chi connectivity index (χ4n) is 3.39. The second kappa shape index (κ2) is 6.64. The maximum Gasteiger partial charge on any atom is 0.435 e. The van der Waals surface area contributed by atoms with E-state index in [0.29, 0.717) is 48.2 Å². The van der Waals surface area contributed by atoms with Crippen molar-refractivity contribution < 1.29 is 18.0 Å². The van der Waals surface area contributed by atoms with Crippen molar-refractivity contribution in [1.82, 2.24) is 25.1 Å². The van der Waals surface area contributed by atoms with Gasteiger partial charge in [0.15, 0.2) is 5.69 Å². The smallest absolute Gasteiger partial charge is 0.338 e. The number of alkyl halides is 3. The number of hydrogen-bond acceptors (Lipinski definition) is 4. The van der Waals surface area contributed by atoms with Gasteiger partial charge < -0.3 is 4.90 Å². The van der Waals surface area contributed by atoms with E-state index in [1.54, 1.807) is 35.5 Å². The van der Waals surface area contributed by atoms with Crippen LogP contribution in [0.4, 0.5) is 13.2 Å². The molecule has 1 N–H and O–H groups in total. The first-order chi connectivity index (χ1) is 12.9. The van der Waals surface area contributed by atoms with Crippen LogP contribution in [-0.2, 0) is 6.18 Å². The predicted octanol–water partition coefficient (Wildman–Crippen LogP) is 3.39. The summed E-state index contributed by atoms with van der Waals surface area (Å²) in [5.74, 6) is -0.366. The van der Waals surface area contributed by atoms with Gasteiger partial charge in [-0.05, 0) is 37.1 Å². The summed E-state index contributed by atoms with van der Waals surface area (Å²) in [4.78, 5) is 22.9. The lowest BCUT2D eigenvalue weighted by Crippen LogP contribution is -2.39. The van der Waals surface area contributed by atoms with Gasteiger partial charge >= 0.3 is 6.18 Å². The molecule has 1 unspecified atom stereocenters. The number of carbonyl (C=O) groups is 1. The molecule has 0 radical (unpaired) electrons. The van der Waals surface area contributed by atoms with Gasteiger partial charge in [0.25, 0.3) is 5.91 Å². The summed E-state index contributed by atoms with van der Waals surface area (Å²) >= 11 is 0. The minimum atomic E-state index is -4.48. The van der Waals surface area contributed by atoms with E-state index >= 15 is 0 Å². The third kappa shape index (κ3) is 3.49. The number of benzene rings is 1. The van der Waals surface area contributed by atoms with Crippen molar-refractivity contribution in [3.63, 3.8) is 0 Å². The van der Waals surface area contributed by atoms with Crippen LogP contribution >= 0.6 is 0 Å². The zero-order chi connectivity index (χ0) is 19.0. The molecular weight excluding hydrogens is 359 g/mol. The highest BCUT2D eigenvalue weighted by Crippen LogP contribution is 2.32. The first-order valence-electron chi connectivity index (χ1n) is 8.54. The van der Waals surface area contributed by atoms with Crippen LogP contribution in [0.5, 0.6) is 0 Å². The number of aromatic nitrogens is 4. The predicted molar refractivity (Wildman–Crippen MR) is 91.0 cm³/mol. The van der Waals surface area contributed by atoms with E-state index in [2.05, 4.69) is 20.2 Å². The number of hydrogen-bond donors (Lipinski definition) is 1. The molecule has 3 heterocycles. The Bertz CT molecular complexity index is 984. The second-order valence-electron chi connectivity index (χ2n) is 6.56. The second-order valence-corrected chi connectivity index (χ2v) is 6.56. The van der Waals surface area contributed by atoms with Crippen molar-refractivity contribution >= 4 is 16.9 Å². The Hall–Kier alpha value is -2.97. The molecule has 0 aliphatic carbocycles. The highest BCUT2D eigenvalue weighted by Gasteiger charge is 2.35. The van der Waals surface area contributed by atoms with E-state index < -0.39 is 11.9 Å². The highest BCUT2D eigenvalue weighted by atomic mass is 19.4. The fourth-order valence-corrected chi connectivity index (χ4v) is 3.39. The standard InChI is InChI=1S/C18H16F3N5O/c19-18(20,21)16-9-14(24-25-16)12-2-1-7-26(10-12)17(27)11-3-4-13-15(8-11)23-6-5-22-13/h3-6,8-9,12H,1-2,7,10H2,(H,24,25). The normalized spacial score (nSPS) is 18.0. The maximum absolute atomic E-state index is 12.9.